The molecule has 0 spiro atoms. The molecule has 4 aliphatic carbocycles. The standard InChI is InChI=1S/C27H45FO3/c1-16(6-11-23(28)25(2,3)31)20-9-10-21-19-8-7-17-14-18(29)15-24(30)27(17,5)22(19)12-13-26(20,21)4/h7,16,18-24,29-31H,6,8-15H2,1-5H3/t16-,18-,19+,20-,21+,22+,23?,24?,26-,27+/m1/s1. The van der Waals surface area contributed by atoms with Gasteiger partial charge in [-0.1, -0.05) is 32.4 Å². The fourth-order valence-electron chi connectivity index (χ4n) is 8.64. The molecule has 3 N–H and O–H groups in total. The van der Waals surface area contributed by atoms with Crippen LogP contribution in [-0.4, -0.2) is 39.3 Å². The minimum absolute atomic E-state index is 0.179. The molecule has 3 fully saturated rings. The molecule has 178 valence electrons. The molecule has 0 aromatic carbocycles. The summed E-state index contributed by atoms with van der Waals surface area (Å²) in [6, 6.07) is 0. The molecule has 2 unspecified atom stereocenters. The lowest BCUT2D eigenvalue weighted by atomic mass is 9.46. The molecule has 0 aromatic heterocycles. The summed E-state index contributed by atoms with van der Waals surface area (Å²) < 4.78 is 14.4. The van der Waals surface area contributed by atoms with E-state index in [4.69, 9.17) is 0 Å². The molecule has 3 nitrogen and oxygen atoms in total. The second-order valence-corrected chi connectivity index (χ2v) is 12.6. The Balaban J connectivity index is 1.50. The summed E-state index contributed by atoms with van der Waals surface area (Å²) in [5.41, 5.74) is 0.159. The summed E-state index contributed by atoms with van der Waals surface area (Å²) in [6.07, 6.45) is 8.75. The zero-order chi connectivity index (χ0) is 22.8. The zero-order valence-electron chi connectivity index (χ0n) is 20.3. The van der Waals surface area contributed by atoms with E-state index in [9.17, 15) is 19.7 Å². The van der Waals surface area contributed by atoms with Gasteiger partial charge in [0.15, 0.2) is 0 Å². The summed E-state index contributed by atoms with van der Waals surface area (Å²) in [5, 5.41) is 31.2. The number of fused-ring (bicyclic) bond motifs is 5. The van der Waals surface area contributed by atoms with E-state index in [-0.39, 0.29) is 5.41 Å². The van der Waals surface area contributed by atoms with Gasteiger partial charge in [0.05, 0.1) is 17.8 Å². The predicted molar refractivity (Wildman–Crippen MR) is 122 cm³/mol. The van der Waals surface area contributed by atoms with Crippen molar-refractivity contribution in [2.45, 2.75) is 116 Å². The number of alkyl halides is 1. The molecule has 0 aliphatic heterocycles. The van der Waals surface area contributed by atoms with Crippen molar-refractivity contribution < 1.29 is 19.7 Å². The van der Waals surface area contributed by atoms with E-state index in [0.29, 0.717) is 47.8 Å². The van der Waals surface area contributed by atoms with E-state index in [1.807, 2.05) is 0 Å². The van der Waals surface area contributed by atoms with Gasteiger partial charge < -0.3 is 15.3 Å². The Morgan fingerprint density at radius 2 is 1.84 bits per heavy atom. The van der Waals surface area contributed by atoms with E-state index in [1.165, 1.54) is 24.8 Å². The minimum Gasteiger partial charge on any atom is -0.393 e. The highest BCUT2D eigenvalue weighted by Gasteiger charge is 2.60. The highest BCUT2D eigenvalue weighted by atomic mass is 19.1. The van der Waals surface area contributed by atoms with Gasteiger partial charge in [-0.3, -0.25) is 0 Å². The Labute approximate surface area is 188 Å². The lowest BCUT2D eigenvalue weighted by Gasteiger charge is -2.59. The summed E-state index contributed by atoms with van der Waals surface area (Å²) in [4.78, 5) is 0. The van der Waals surface area contributed by atoms with Crippen LogP contribution in [0.3, 0.4) is 0 Å². The quantitative estimate of drug-likeness (QED) is 0.504. The monoisotopic (exact) mass is 436 g/mol. The second kappa shape index (κ2) is 8.09. The molecule has 31 heavy (non-hydrogen) atoms. The lowest BCUT2D eigenvalue weighted by Crippen LogP contribution is -2.55. The fraction of sp³-hybridized carbons (Fsp3) is 0.926. The van der Waals surface area contributed by atoms with Crippen molar-refractivity contribution in [3.8, 4) is 0 Å². The summed E-state index contributed by atoms with van der Waals surface area (Å²) in [5.74, 6) is 2.87. The molecular weight excluding hydrogens is 391 g/mol. The van der Waals surface area contributed by atoms with E-state index in [1.54, 1.807) is 13.8 Å². The molecule has 4 heteroatoms. The van der Waals surface area contributed by atoms with Gasteiger partial charge >= 0.3 is 0 Å². The second-order valence-electron chi connectivity index (χ2n) is 12.6. The van der Waals surface area contributed by atoms with Crippen molar-refractivity contribution in [2.24, 2.45) is 40.4 Å². The maximum absolute atomic E-state index is 14.4. The maximum atomic E-state index is 14.4. The molecule has 0 heterocycles. The van der Waals surface area contributed by atoms with Gasteiger partial charge in [0.2, 0.25) is 0 Å². The predicted octanol–water partition coefficient (Wildman–Crippen LogP) is 5.42. The van der Waals surface area contributed by atoms with Crippen LogP contribution >= 0.6 is 0 Å². The minimum atomic E-state index is -1.25. The van der Waals surface area contributed by atoms with Crippen molar-refractivity contribution in [2.75, 3.05) is 0 Å². The number of halogens is 1. The number of aliphatic hydroxyl groups is 3. The first-order chi connectivity index (χ1) is 14.4. The first-order valence-electron chi connectivity index (χ1n) is 12.8. The van der Waals surface area contributed by atoms with Crippen LogP contribution in [-0.2, 0) is 0 Å². The van der Waals surface area contributed by atoms with Crippen LogP contribution in [0.1, 0.15) is 92.4 Å². The van der Waals surface area contributed by atoms with Gasteiger partial charge in [0, 0.05) is 11.8 Å². The molecule has 0 bridgehead atoms. The molecule has 0 radical (unpaired) electrons. The SMILES string of the molecule is C[C@H](CCC(F)C(C)(C)O)[C@H]1CC[C@H]2[C@@H]3CC=C4C[C@@H](O)CC(O)[C@]4(C)[C@H]3CC[C@]12C. The van der Waals surface area contributed by atoms with Crippen LogP contribution in [0.2, 0.25) is 0 Å². The van der Waals surface area contributed by atoms with Crippen molar-refractivity contribution >= 4 is 0 Å². The number of hydrogen-bond donors (Lipinski definition) is 3. The van der Waals surface area contributed by atoms with Crippen LogP contribution < -0.4 is 0 Å². The maximum Gasteiger partial charge on any atom is 0.128 e. The normalized spacial score (nSPS) is 47.1. The van der Waals surface area contributed by atoms with Gasteiger partial charge in [0.25, 0.3) is 0 Å². The Morgan fingerprint density at radius 1 is 1.13 bits per heavy atom. The van der Waals surface area contributed by atoms with Crippen LogP contribution in [0.4, 0.5) is 4.39 Å². The molecular formula is C27H45FO3. The lowest BCUT2D eigenvalue weighted by molar-refractivity contribution is -0.108. The third-order valence-corrected chi connectivity index (χ3v) is 10.6. The highest BCUT2D eigenvalue weighted by molar-refractivity contribution is 5.27. The van der Waals surface area contributed by atoms with E-state index < -0.39 is 24.0 Å². The molecule has 0 aromatic rings. The number of aliphatic hydroxyl groups excluding tert-OH is 2. The van der Waals surface area contributed by atoms with Crippen LogP contribution in [0, 0.1) is 40.4 Å². The average molecular weight is 437 g/mol. The van der Waals surface area contributed by atoms with Gasteiger partial charge in [-0.15, -0.1) is 0 Å². The van der Waals surface area contributed by atoms with E-state index in [2.05, 4.69) is 26.8 Å². The van der Waals surface area contributed by atoms with Gasteiger partial charge in [-0.2, -0.15) is 0 Å². The van der Waals surface area contributed by atoms with Gasteiger partial charge in [-0.25, -0.2) is 4.39 Å². The van der Waals surface area contributed by atoms with Crippen molar-refractivity contribution in [1.29, 1.82) is 0 Å². The first kappa shape index (κ1) is 23.7. The van der Waals surface area contributed by atoms with Crippen LogP contribution in [0.5, 0.6) is 0 Å². The van der Waals surface area contributed by atoms with E-state index >= 15 is 0 Å². The number of allylic oxidation sites excluding steroid dienone is 1. The third kappa shape index (κ3) is 3.83. The molecule has 4 aliphatic rings. The van der Waals surface area contributed by atoms with Gasteiger partial charge in [0.1, 0.15) is 6.17 Å². The number of hydrogen-bond acceptors (Lipinski definition) is 3. The zero-order valence-corrected chi connectivity index (χ0v) is 20.3. The topological polar surface area (TPSA) is 60.7 Å². The Bertz CT molecular complexity index is 699. The smallest absolute Gasteiger partial charge is 0.128 e. The molecule has 0 amide bonds. The highest BCUT2D eigenvalue weighted by Crippen LogP contribution is 2.67. The third-order valence-electron chi connectivity index (χ3n) is 10.6. The molecule has 4 rings (SSSR count). The fourth-order valence-corrected chi connectivity index (χ4v) is 8.64. The number of rotatable bonds is 5. The molecule has 3 saturated carbocycles. The Morgan fingerprint density at radius 3 is 2.52 bits per heavy atom. The van der Waals surface area contributed by atoms with Crippen molar-refractivity contribution in [3.63, 3.8) is 0 Å². The van der Waals surface area contributed by atoms with Crippen molar-refractivity contribution in [1.82, 2.24) is 0 Å². The first-order valence-corrected chi connectivity index (χ1v) is 12.8. The Hall–Kier alpha value is -0.450. The van der Waals surface area contributed by atoms with Crippen LogP contribution in [0.25, 0.3) is 0 Å². The molecule has 10 atom stereocenters. The summed E-state index contributed by atoms with van der Waals surface area (Å²) in [6.45, 7) is 10.2. The summed E-state index contributed by atoms with van der Waals surface area (Å²) >= 11 is 0. The Kier molecular flexibility index (Phi) is 6.19. The largest absolute Gasteiger partial charge is 0.393 e. The summed E-state index contributed by atoms with van der Waals surface area (Å²) in [7, 11) is 0. The van der Waals surface area contributed by atoms with E-state index in [0.717, 1.165) is 25.7 Å². The van der Waals surface area contributed by atoms with Crippen LogP contribution in [0.15, 0.2) is 11.6 Å². The van der Waals surface area contributed by atoms with Crippen molar-refractivity contribution in [3.05, 3.63) is 11.6 Å². The van der Waals surface area contributed by atoms with Gasteiger partial charge in [-0.05, 0) is 100 Å². The average Bonchev–Trinajstić information content (AvgIpc) is 3.03. The molecule has 0 saturated heterocycles.